The van der Waals surface area contributed by atoms with Crippen molar-refractivity contribution in [3.8, 4) is 0 Å². The van der Waals surface area contributed by atoms with Gasteiger partial charge in [-0.1, -0.05) is 23.7 Å². The van der Waals surface area contributed by atoms with Crippen molar-refractivity contribution in [2.45, 2.75) is 57.2 Å². The molecule has 4 nitrogen and oxygen atoms in total. The number of rotatable bonds is 5. The summed E-state index contributed by atoms with van der Waals surface area (Å²) in [5.74, 6) is 2.51. The smallest absolute Gasteiger partial charge is 0.315 e. The first-order chi connectivity index (χ1) is 13.6. The highest BCUT2D eigenvalue weighted by Crippen LogP contribution is 2.55. The van der Waals surface area contributed by atoms with Gasteiger partial charge in [0.2, 0.25) is 0 Å². The number of halogens is 1. The summed E-state index contributed by atoms with van der Waals surface area (Å²) in [5, 5.41) is 7.24. The van der Waals surface area contributed by atoms with Crippen LogP contribution in [0.5, 0.6) is 0 Å². The number of hydrogen-bond acceptors (Lipinski definition) is 1. The Morgan fingerprint density at radius 3 is 2.32 bits per heavy atom. The number of urea groups is 1. The average molecular weight is 398 g/mol. The highest BCUT2D eigenvalue weighted by atomic mass is 35.5. The molecule has 1 aromatic heterocycles. The first-order valence-corrected chi connectivity index (χ1v) is 10.9. The Hall–Kier alpha value is -1.94. The largest absolute Gasteiger partial charge is 0.345 e. The summed E-state index contributed by atoms with van der Waals surface area (Å²) >= 11 is 5.98. The van der Waals surface area contributed by atoms with Gasteiger partial charge < -0.3 is 15.2 Å². The van der Waals surface area contributed by atoms with E-state index in [1.54, 1.807) is 0 Å². The van der Waals surface area contributed by atoms with Crippen molar-refractivity contribution in [1.29, 1.82) is 0 Å². The molecule has 28 heavy (non-hydrogen) atoms. The lowest BCUT2D eigenvalue weighted by Crippen LogP contribution is -2.61. The number of carbonyl (C=O) groups is 1. The molecule has 0 saturated heterocycles. The van der Waals surface area contributed by atoms with E-state index in [0.29, 0.717) is 6.54 Å². The predicted octanol–water partition coefficient (Wildman–Crippen LogP) is 4.96. The molecule has 4 bridgehead atoms. The van der Waals surface area contributed by atoms with E-state index in [0.717, 1.165) is 35.0 Å². The Balaban J connectivity index is 1.19. The third-order valence-electron chi connectivity index (χ3n) is 7.04. The summed E-state index contributed by atoms with van der Waals surface area (Å²) < 4.78 is 2.17. The normalized spacial score (nSPS) is 30.4. The van der Waals surface area contributed by atoms with E-state index in [1.165, 1.54) is 44.1 Å². The molecule has 4 aliphatic rings. The maximum absolute atomic E-state index is 12.7. The molecule has 0 aliphatic heterocycles. The summed E-state index contributed by atoms with van der Waals surface area (Å²) in [6, 6.07) is 12.0. The van der Waals surface area contributed by atoms with Crippen LogP contribution in [0.4, 0.5) is 4.79 Å². The van der Waals surface area contributed by atoms with Gasteiger partial charge in [0.15, 0.2) is 0 Å². The van der Waals surface area contributed by atoms with Crippen LogP contribution in [0.2, 0.25) is 5.02 Å². The van der Waals surface area contributed by atoms with Crippen molar-refractivity contribution in [1.82, 2.24) is 15.2 Å². The number of amides is 2. The first-order valence-electron chi connectivity index (χ1n) is 10.5. The zero-order valence-corrected chi connectivity index (χ0v) is 16.9. The zero-order valence-electron chi connectivity index (χ0n) is 16.2. The lowest BCUT2D eigenvalue weighted by molar-refractivity contribution is -0.0135. The van der Waals surface area contributed by atoms with E-state index in [4.69, 9.17) is 11.6 Å². The molecule has 4 fully saturated rings. The summed E-state index contributed by atoms with van der Waals surface area (Å²) in [6.45, 7) is 1.32. The van der Waals surface area contributed by atoms with Gasteiger partial charge in [0.1, 0.15) is 0 Å². The molecule has 6 rings (SSSR count). The van der Waals surface area contributed by atoms with Crippen LogP contribution in [-0.2, 0) is 13.1 Å². The van der Waals surface area contributed by atoms with Crippen molar-refractivity contribution < 1.29 is 4.79 Å². The molecule has 4 aliphatic carbocycles. The second-order valence-electron chi connectivity index (χ2n) is 9.26. The van der Waals surface area contributed by atoms with Crippen molar-refractivity contribution >= 4 is 17.6 Å². The van der Waals surface area contributed by atoms with Crippen LogP contribution in [0.3, 0.4) is 0 Å². The summed E-state index contributed by atoms with van der Waals surface area (Å²) in [7, 11) is 0. The minimum atomic E-state index is -0.0128. The molecule has 5 heteroatoms. The fourth-order valence-electron chi connectivity index (χ4n) is 6.27. The van der Waals surface area contributed by atoms with Gasteiger partial charge in [0.25, 0.3) is 0 Å². The second kappa shape index (κ2) is 7.14. The molecule has 2 N–H and O–H groups in total. The third kappa shape index (κ3) is 3.67. The van der Waals surface area contributed by atoms with Gasteiger partial charge in [-0.3, -0.25) is 0 Å². The van der Waals surface area contributed by atoms with Crippen molar-refractivity contribution in [2.75, 3.05) is 0 Å². The zero-order chi connectivity index (χ0) is 19.1. The van der Waals surface area contributed by atoms with Gasteiger partial charge in [0, 0.05) is 29.0 Å². The first kappa shape index (κ1) is 18.1. The number of nitrogens with one attached hydrogen (secondary N) is 2. The Labute approximate surface area is 171 Å². The Morgan fingerprint density at radius 1 is 1.04 bits per heavy atom. The van der Waals surface area contributed by atoms with Gasteiger partial charge in [-0.15, -0.1) is 0 Å². The predicted molar refractivity (Wildman–Crippen MR) is 111 cm³/mol. The number of nitrogens with zero attached hydrogens (tertiary/aromatic N) is 1. The molecule has 2 amide bonds. The molecule has 1 aromatic carbocycles. The van der Waals surface area contributed by atoms with Crippen LogP contribution in [0.1, 0.15) is 49.8 Å². The average Bonchev–Trinajstić information content (AvgIpc) is 3.07. The third-order valence-corrected chi connectivity index (χ3v) is 7.29. The molecule has 1 heterocycles. The molecule has 0 atom stereocenters. The van der Waals surface area contributed by atoms with E-state index in [-0.39, 0.29) is 11.6 Å². The summed E-state index contributed by atoms with van der Waals surface area (Å²) in [4.78, 5) is 12.7. The minimum absolute atomic E-state index is 0.0128. The second-order valence-corrected chi connectivity index (χ2v) is 9.70. The molecule has 148 valence electrons. The van der Waals surface area contributed by atoms with Gasteiger partial charge >= 0.3 is 6.03 Å². The van der Waals surface area contributed by atoms with Crippen LogP contribution in [0.15, 0.2) is 42.6 Å². The van der Waals surface area contributed by atoms with E-state index in [9.17, 15) is 4.79 Å². The fraction of sp³-hybridized carbons (Fsp3) is 0.522. The van der Waals surface area contributed by atoms with E-state index in [2.05, 4.69) is 27.5 Å². The molecule has 4 saturated carbocycles. The van der Waals surface area contributed by atoms with Crippen LogP contribution in [-0.4, -0.2) is 16.1 Å². The van der Waals surface area contributed by atoms with Crippen LogP contribution >= 0.6 is 11.6 Å². The molecule has 0 spiro atoms. The monoisotopic (exact) mass is 397 g/mol. The number of carbonyl (C=O) groups excluding carboxylic acids is 1. The van der Waals surface area contributed by atoms with Crippen molar-refractivity contribution in [2.24, 2.45) is 17.8 Å². The van der Waals surface area contributed by atoms with E-state index < -0.39 is 0 Å². The lowest BCUT2D eigenvalue weighted by Gasteiger charge is -2.56. The molecule has 0 unspecified atom stereocenters. The van der Waals surface area contributed by atoms with Gasteiger partial charge in [-0.2, -0.15) is 0 Å². The molecular weight excluding hydrogens is 370 g/mol. The van der Waals surface area contributed by atoms with Crippen molar-refractivity contribution in [3.63, 3.8) is 0 Å². The van der Waals surface area contributed by atoms with Gasteiger partial charge in [0.05, 0.1) is 6.54 Å². The quantitative estimate of drug-likeness (QED) is 0.736. The van der Waals surface area contributed by atoms with Crippen molar-refractivity contribution in [3.05, 3.63) is 58.9 Å². The highest BCUT2D eigenvalue weighted by molar-refractivity contribution is 6.30. The molecule has 2 aromatic rings. The van der Waals surface area contributed by atoms with Crippen LogP contribution < -0.4 is 10.6 Å². The maximum atomic E-state index is 12.7. The highest BCUT2D eigenvalue weighted by Gasteiger charge is 2.51. The maximum Gasteiger partial charge on any atom is 0.315 e. The summed E-state index contributed by atoms with van der Waals surface area (Å²) in [6.07, 6.45) is 9.77. The SMILES string of the molecule is O=C(NCc1cccn1Cc1ccc(Cl)cc1)NC12CC3CC(CC(C3)C1)C2. The Kier molecular flexibility index (Phi) is 4.62. The van der Waals surface area contributed by atoms with E-state index >= 15 is 0 Å². The van der Waals surface area contributed by atoms with Gasteiger partial charge in [-0.25, -0.2) is 4.79 Å². The molecule has 0 radical (unpaired) electrons. The number of aromatic nitrogens is 1. The fourth-order valence-corrected chi connectivity index (χ4v) is 6.40. The van der Waals surface area contributed by atoms with Crippen LogP contribution in [0, 0.1) is 17.8 Å². The number of hydrogen-bond donors (Lipinski definition) is 2. The Morgan fingerprint density at radius 2 is 1.68 bits per heavy atom. The Bertz CT molecular complexity index is 822. The summed E-state index contributed by atoms with van der Waals surface area (Å²) in [5.41, 5.74) is 2.36. The van der Waals surface area contributed by atoms with Gasteiger partial charge in [-0.05, 0) is 86.1 Å². The molecular formula is C23H28ClN3O. The van der Waals surface area contributed by atoms with E-state index in [1.807, 2.05) is 30.3 Å². The topological polar surface area (TPSA) is 46.1 Å². The van der Waals surface area contributed by atoms with Crippen LogP contribution in [0.25, 0.3) is 0 Å². The minimum Gasteiger partial charge on any atom is -0.345 e. The number of benzene rings is 1. The lowest BCUT2D eigenvalue weighted by atomic mass is 9.53. The standard InChI is InChI=1S/C23H28ClN3O/c24-20-5-3-16(4-6-20)15-27-7-1-2-21(27)14-25-22(28)26-23-11-17-8-18(12-23)10-19(9-17)13-23/h1-7,17-19H,8-15H2,(H2,25,26,28).